The van der Waals surface area contributed by atoms with Gasteiger partial charge < -0.3 is 10.1 Å². The van der Waals surface area contributed by atoms with Crippen LogP contribution < -0.4 is 14.4 Å². The summed E-state index contributed by atoms with van der Waals surface area (Å²) in [4.78, 5) is 12.0. The van der Waals surface area contributed by atoms with Crippen molar-refractivity contribution < 1.29 is 26.7 Å². The molecule has 0 aliphatic rings. The molecule has 0 saturated carbocycles. The van der Waals surface area contributed by atoms with E-state index >= 15 is 0 Å². The van der Waals surface area contributed by atoms with Crippen molar-refractivity contribution >= 4 is 21.6 Å². The van der Waals surface area contributed by atoms with Gasteiger partial charge in [0.15, 0.2) is 11.6 Å². The van der Waals surface area contributed by atoms with Crippen LogP contribution in [0.15, 0.2) is 42.5 Å². The van der Waals surface area contributed by atoms with Crippen molar-refractivity contribution in [2.24, 2.45) is 0 Å². The highest BCUT2D eigenvalue weighted by molar-refractivity contribution is 7.92. The normalized spacial score (nSPS) is 11.2. The summed E-state index contributed by atoms with van der Waals surface area (Å²) in [6.45, 7) is 2.41. The summed E-state index contributed by atoms with van der Waals surface area (Å²) in [5, 5.41) is 2.67. The van der Waals surface area contributed by atoms with E-state index in [4.69, 9.17) is 4.74 Å². The molecular weight excluding hydrogens is 414 g/mol. The van der Waals surface area contributed by atoms with Crippen molar-refractivity contribution in [2.75, 3.05) is 30.3 Å². The minimum absolute atomic E-state index is 0.00723. The minimum atomic E-state index is -3.92. The molecule has 9 heteroatoms. The fourth-order valence-electron chi connectivity index (χ4n) is 2.82. The number of rotatable bonds is 11. The fraction of sp³-hybridized carbons (Fsp3) is 0.381. The number of hydrogen-bond donors (Lipinski definition) is 1. The molecule has 1 N–H and O–H groups in total. The number of hydrogen-bond acceptors (Lipinski definition) is 4. The Bertz CT molecular complexity index is 930. The Balaban J connectivity index is 1.79. The molecule has 0 aromatic heterocycles. The molecule has 2 rings (SSSR count). The second-order valence-corrected chi connectivity index (χ2v) is 8.61. The first-order valence-corrected chi connectivity index (χ1v) is 11.5. The lowest BCUT2D eigenvalue weighted by Crippen LogP contribution is -2.34. The predicted molar refractivity (Wildman–Crippen MR) is 112 cm³/mol. The molecule has 0 bridgehead atoms. The van der Waals surface area contributed by atoms with Gasteiger partial charge in [-0.3, -0.25) is 9.10 Å². The van der Waals surface area contributed by atoms with Crippen LogP contribution in [0.1, 0.15) is 25.3 Å². The zero-order valence-corrected chi connectivity index (χ0v) is 17.8. The van der Waals surface area contributed by atoms with E-state index in [1.165, 1.54) is 5.56 Å². The summed E-state index contributed by atoms with van der Waals surface area (Å²) in [6.07, 6.45) is 1.92. The molecule has 30 heavy (non-hydrogen) atoms. The van der Waals surface area contributed by atoms with Crippen LogP contribution >= 0.6 is 0 Å². The fourth-order valence-corrected chi connectivity index (χ4v) is 3.79. The Labute approximate surface area is 175 Å². The molecule has 1 amide bonds. The Morgan fingerprint density at radius 3 is 2.30 bits per heavy atom. The minimum Gasteiger partial charge on any atom is -0.492 e. The highest BCUT2D eigenvalue weighted by Gasteiger charge is 2.24. The maximum absolute atomic E-state index is 14.0. The Morgan fingerprint density at radius 2 is 1.73 bits per heavy atom. The first-order valence-electron chi connectivity index (χ1n) is 9.62. The Morgan fingerprint density at radius 1 is 1.10 bits per heavy atom. The summed E-state index contributed by atoms with van der Waals surface area (Å²) in [7, 11) is -3.92. The number of amides is 1. The molecular formula is C21H26F2N2O4S. The molecule has 0 fully saturated rings. The lowest BCUT2D eigenvalue weighted by atomic mass is 10.2. The van der Waals surface area contributed by atoms with Crippen LogP contribution in [-0.4, -0.2) is 40.3 Å². The number of carbonyl (C=O) groups excluding carboxylic acids is 1. The Hall–Kier alpha value is -2.68. The number of nitrogens with zero attached hydrogens (tertiary/aromatic N) is 1. The summed E-state index contributed by atoms with van der Waals surface area (Å²) in [5.74, 6) is -1.55. The van der Waals surface area contributed by atoms with Crippen LogP contribution in [-0.2, 0) is 21.2 Å². The number of benzene rings is 2. The van der Waals surface area contributed by atoms with Gasteiger partial charge in [0.05, 0.1) is 12.8 Å². The zero-order chi connectivity index (χ0) is 22.1. The van der Waals surface area contributed by atoms with Gasteiger partial charge in [-0.1, -0.05) is 25.1 Å². The van der Waals surface area contributed by atoms with E-state index in [0.717, 1.165) is 30.9 Å². The van der Waals surface area contributed by atoms with Gasteiger partial charge in [-0.15, -0.1) is 0 Å². The monoisotopic (exact) mass is 440 g/mol. The van der Waals surface area contributed by atoms with Gasteiger partial charge in [0.1, 0.15) is 18.0 Å². The molecule has 0 aliphatic carbocycles. The van der Waals surface area contributed by atoms with Crippen LogP contribution in [0.2, 0.25) is 0 Å². The quantitative estimate of drug-likeness (QED) is 0.544. The number of para-hydroxylation sites is 1. The van der Waals surface area contributed by atoms with E-state index < -0.39 is 27.3 Å². The average molecular weight is 441 g/mol. The number of aryl methyl sites for hydroxylation is 1. The second kappa shape index (κ2) is 10.9. The molecule has 0 saturated heterocycles. The summed E-state index contributed by atoms with van der Waals surface area (Å²) in [6, 6.07) is 10.8. The number of halogens is 2. The number of anilines is 1. The molecule has 2 aromatic carbocycles. The van der Waals surface area contributed by atoms with Gasteiger partial charge in [-0.25, -0.2) is 17.2 Å². The number of sulfonamides is 1. The smallest absolute Gasteiger partial charge is 0.232 e. The van der Waals surface area contributed by atoms with Crippen molar-refractivity contribution in [1.82, 2.24) is 5.32 Å². The molecule has 6 nitrogen and oxygen atoms in total. The van der Waals surface area contributed by atoms with E-state index in [1.54, 1.807) is 0 Å². The van der Waals surface area contributed by atoms with Crippen LogP contribution in [0.5, 0.6) is 5.75 Å². The maximum Gasteiger partial charge on any atom is 0.232 e. The third-order valence-electron chi connectivity index (χ3n) is 4.38. The average Bonchev–Trinajstić information content (AvgIpc) is 2.69. The van der Waals surface area contributed by atoms with Crippen molar-refractivity contribution in [3.05, 3.63) is 59.7 Å². The molecule has 2 aromatic rings. The number of nitrogens with one attached hydrogen (secondary N) is 1. The molecule has 0 heterocycles. The van der Waals surface area contributed by atoms with Crippen LogP contribution in [0.3, 0.4) is 0 Å². The van der Waals surface area contributed by atoms with Crippen molar-refractivity contribution in [2.45, 2.75) is 26.2 Å². The van der Waals surface area contributed by atoms with E-state index in [2.05, 4.69) is 12.2 Å². The summed E-state index contributed by atoms with van der Waals surface area (Å²) >= 11 is 0. The third kappa shape index (κ3) is 6.98. The number of carbonyl (C=O) groups is 1. The van der Waals surface area contributed by atoms with E-state index in [1.807, 2.05) is 24.3 Å². The van der Waals surface area contributed by atoms with Crippen molar-refractivity contribution in [3.63, 3.8) is 0 Å². The molecule has 0 spiro atoms. The first-order chi connectivity index (χ1) is 14.2. The molecule has 0 unspecified atom stereocenters. The molecule has 0 aliphatic heterocycles. The highest BCUT2D eigenvalue weighted by atomic mass is 32.2. The SMILES string of the molecule is CCc1ccc(OCCNC(=O)CCCN(c2c(F)cccc2F)S(C)(=O)=O)cc1. The summed E-state index contributed by atoms with van der Waals surface area (Å²) < 4.78 is 58.1. The standard InChI is InChI=1S/C21H26F2N2O4S/c1-3-16-9-11-17(12-10-16)29-15-13-24-20(26)8-5-14-25(30(2,27)28)21-18(22)6-4-7-19(21)23/h4,6-7,9-12H,3,5,8,13-15H2,1-2H3,(H,24,26). The van der Waals surface area contributed by atoms with Gasteiger partial charge >= 0.3 is 0 Å². The first kappa shape index (κ1) is 23.6. The Kier molecular flexibility index (Phi) is 8.58. The number of ether oxygens (including phenoxy) is 1. The molecule has 164 valence electrons. The van der Waals surface area contributed by atoms with E-state index in [0.29, 0.717) is 10.1 Å². The van der Waals surface area contributed by atoms with E-state index in [-0.39, 0.29) is 38.4 Å². The summed E-state index contributed by atoms with van der Waals surface area (Å²) in [5.41, 5.74) is 0.567. The predicted octanol–water partition coefficient (Wildman–Crippen LogP) is 3.27. The van der Waals surface area contributed by atoms with Gasteiger partial charge in [0.25, 0.3) is 0 Å². The van der Waals surface area contributed by atoms with Crippen LogP contribution in [0, 0.1) is 11.6 Å². The lowest BCUT2D eigenvalue weighted by molar-refractivity contribution is -0.121. The van der Waals surface area contributed by atoms with Gasteiger partial charge in [0, 0.05) is 13.0 Å². The van der Waals surface area contributed by atoms with Crippen molar-refractivity contribution in [1.29, 1.82) is 0 Å². The largest absolute Gasteiger partial charge is 0.492 e. The highest BCUT2D eigenvalue weighted by Crippen LogP contribution is 2.25. The van der Waals surface area contributed by atoms with Crippen LogP contribution in [0.4, 0.5) is 14.5 Å². The lowest BCUT2D eigenvalue weighted by Gasteiger charge is -2.23. The van der Waals surface area contributed by atoms with Crippen LogP contribution in [0.25, 0.3) is 0 Å². The topological polar surface area (TPSA) is 75.7 Å². The maximum atomic E-state index is 14.0. The zero-order valence-electron chi connectivity index (χ0n) is 17.0. The third-order valence-corrected chi connectivity index (χ3v) is 5.54. The van der Waals surface area contributed by atoms with Gasteiger partial charge in [0.2, 0.25) is 15.9 Å². The van der Waals surface area contributed by atoms with Gasteiger partial charge in [-0.05, 0) is 42.7 Å². The van der Waals surface area contributed by atoms with Crippen molar-refractivity contribution in [3.8, 4) is 5.75 Å². The van der Waals surface area contributed by atoms with Gasteiger partial charge in [-0.2, -0.15) is 0 Å². The molecule has 0 radical (unpaired) electrons. The second-order valence-electron chi connectivity index (χ2n) is 6.70. The molecule has 0 atom stereocenters. The van der Waals surface area contributed by atoms with E-state index in [9.17, 15) is 22.0 Å².